The van der Waals surface area contributed by atoms with Crippen molar-refractivity contribution in [1.82, 2.24) is 24.9 Å². The monoisotopic (exact) mass is 349 g/mol. The first-order valence-electron chi connectivity index (χ1n) is 9.17. The molecule has 140 valence electrons. The number of carbonyl (C=O) groups excluding carboxylic acids is 2. The molecule has 7 heteroatoms. The highest BCUT2D eigenvalue weighted by atomic mass is 16.2. The first-order valence-corrected chi connectivity index (χ1v) is 9.17. The number of unbranched alkanes of at least 4 members (excludes halogenated alkanes) is 1. The molecule has 0 radical (unpaired) electrons. The molecule has 1 saturated heterocycles. The van der Waals surface area contributed by atoms with E-state index in [4.69, 9.17) is 0 Å². The van der Waals surface area contributed by atoms with Gasteiger partial charge in [0, 0.05) is 65.0 Å². The molecule has 0 aromatic carbocycles. The van der Waals surface area contributed by atoms with Crippen LogP contribution in [0, 0.1) is 12.8 Å². The van der Waals surface area contributed by atoms with Gasteiger partial charge in [-0.1, -0.05) is 13.3 Å². The van der Waals surface area contributed by atoms with Crippen molar-refractivity contribution in [2.75, 3.05) is 33.2 Å². The summed E-state index contributed by atoms with van der Waals surface area (Å²) in [5.41, 5.74) is 2.24. The van der Waals surface area contributed by atoms with E-state index in [1.165, 1.54) is 5.56 Å². The first kappa shape index (κ1) is 19.4. The Bertz CT molecular complexity index is 598. The zero-order chi connectivity index (χ0) is 18.4. The Morgan fingerprint density at radius 2 is 2.08 bits per heavy atom. The lowest BCUT2D eigenvalue weighted by Crippen LogP contribution is -2.40. The molecule has 1 atom stereocenters. The number of rotatable bonds is 6. The van der Waals surface area contributed by atoms with Gasteiger partial charge in [0.25, 0.3) is 0 Å². The molecule has 1 unspecified atom stereocenters. The fourth-order valence-electron chi connectivity index (χ4n) is 3.27. The topological polar surface area (TPSA) is 70.5 Å². The van der Waals surface area contributed by atoms with Gasteiger partial charge in [0.05, 0.1) is 11.6 Å². The van der Waals surface area contributed by atoms with E-state index in [2.05, 4.69) is 28.4 Å². The quantitative estimate of drug-likeness (QED) is 0.832. The van der Waals surface area contributed by atoms with Gasteiger partial charge in [-0.15, -0.1) is 0 Å². The molecule has 1 aliphatic heterocycles. The third-order valence-corrected chi connectivity index (χ3v) is 4.85. The van der Waals surface area contributed by atoms with E-state index < -0.39 is 0 Å². The Hall–Kier alpha value is -1.89. The van der Waals surface area contributed by atoms with Gasteiger partial charge < -0.3 is 10.2 Å². The summed E-state index contributed by atoms with van der Waals surface area (Å²) in [6.07, 6.45) is 4.39. The third kappa shape index (κ3) is 5.29. The van der Waals surface area contributed by atoms with Crippen LogP contribution in [0.5, 0.6) is 0 Å². The fourth-order valence-corrected chi connectivity index (χ4v) is 3.27. The van der Waals surface area contributed by atoms with Gasteiger partial charge in [0.1, 0.15) is 0 Å². The molecule has 25 heavy (non-hydrogen) atoms. The number of nitrogens with one attached hydrogen (secondary N) is 1. The SMILES string of the molecule is CCCCn1cc(CN2CCN(C(C)=O)CC(C(=O)NC)C2)c(C)n1. The second kappa shape index (κ2) is 8.99. The number of hydrogen-bond acceptors (Lipinski definition) is 4. The highest BCUT2D eigenvalue weighted by Crippen LogP contribution is 2.16. The van der Waals surface area contributed by atoms with E-state index in [0.29, 0.717) is 19.6 Å². The summed E-state index contributed by atoms with van der Waals surface area (Å²) < 4.78 is 2.02. The van der Waals surface area contributed by atoms with Crippen molar-refractivity contribution in [3.63, 3.8) is 0 Å². The average molecular weight is 349 g/mol. The molecule has 1 N–H and O–H groups in total. The molecule has 7 nitrogen and oxygen atoms in total. The molecule has 1 aromatic heterocycles. The minimum Gasteiger partial charge on any atom is -0.359 e. The standard InChI is InChI=1S/C18H31N5O2/c1-5-6-7-23-13-16(14(2)20-23)10-21-8-9-22(15(3)24)12-17(11-21)18(25)19-4/h13,17H,5-12H2,1-4H3,(H,19,25). The van der Waals surface area contributed by atoms with Crippen molar-refractivity contribution in [3.05, 3.63) is 17.5 Å². The second-order valence-corrected chi connectivity index (χ2v) is 6.87. The minimum absolute atomic E-state index is 0.00601. The highest BCUT2D eigenvalue weighted by molar-refractivity contribution is 5.80. The van der Waals surface area contributed by atoms with Crippen molar-refractivity contribution in [3.8, 4) is 0 Å². The van der Waals surface area contributed by atoms with Crippen LogP contribution in [0.1, 0.15) is 37.9 Å². The van der Waals surface area contributed by atoms with Gasteiger partial charge in [0.15, 0.2) is 0 Å². The predicted molar refractivity (Wildman–Crippen MR) is 97.0 cm³/mol. The molecular weight excluding hydrogens is 318 g/mol. The van der Waals surface area contributed by atoms with Gasteiger partial charge in [-0.2, -0.15) is 5.10 Å². The summed E-state index contributed by atoms with van der Waals surface area (Å²) in [7, 11) is 1.65. The number of nitrogens with zero attached hydrogens (tertiary/aromatic N) is 4. The van der Waals surface area contributed by atoms with Gasteiger partial charge >= 0.3 is 0 Å². The fraction of sp³-hybridized carbons (Fsp3) is 0.722. The summed E-state index contributed by atoms with van der Waals surface area (Å²) in [5, 5.41) is 7.32. The van der Waals surface area contributed by atoms with Crippen molar-refractivity contribution in [2.45, 2.75) is 46.7 Å². The third-order valence-electron chi connectivity index (χ3n) is 4.85. The Kier molecular flexibility index (Phi) is 6.99. The van der Waals surface area contributed by atoms with Gasteiger partial charge in [-0.3, -0.25) is 19.2 Å². The first-order chi connectivity index (χ1) is 11.9. The van der Waals surface area contributed by atoms with Gasteiger partial charge in [-0.25, -0.2) is 0 Å². The molecule has 2 rings (SSSR count). The van der Waals surface area contributed by atoms with Crippen molar-refractivity contribution < 1.29 is 9.59 Å². The maximum absolute atomic E-state index is 12.2. The number of carbonyl (C=O) groups is 2. The summed E-state index contributed by atoms with van der Waals surface area (Å²) >= 11 is 0. The molecule has 2 amide bonds. The summed E-state index contributed by atoms with van der Waals surface area (Å²) in [6, 6.07) is 0. The van der Waals surface area contributed by atoms with Crippen LogP contribution in [0.4, 0.5) is 0 Å². The maximum atomic E-state index is 12.2. The van der Waals surface area contributed by atoms with Crippen LogP contribution >= 0.6 is 0 Å². The molecule has 1 aromatic rings. The van der Waals surface area contributed by atoms with Crippen LogP contribution < -0.4 is 5.32 Å². The zero-order valence-electron chi connectivity index (χ0n) is 15.9. The van der Waals surface area contributed by atoms with Crippen molar-refractivity contribution >= 4 is 11.8 Å². The number of amides is 2. The van der Waals surface area contributed by atoms with Crippen molar-refractivity contribution in [2.24, 2.45) is 5.92 Å². The van der Waals surface area contributed by atoms with Gasteiger partial charge in [0.2, 0.25) is 11.8 Å². The van der Waals surface area contributed by atoms with E-state index in [-0.39, 0.29) is 17.7 Å². The van der Waals surface area contributed by atoms with E-state index in [1.54, 1.807) is 18.9 Å². The molecule has 0 aliphatic carbocycles. The van der Waals surface area contributed by atoms with Crippen LogP contribution in [0.3, 0.4) is 0 Å². The lowest BCUT2D eigenvalue weighted by atomic mass is 10.1. The van der Waals surface area contributed by atoms with Crippen molar-refractivity contribution in [1.29, 1.82) is 0 Å². The number of aryl methyl sites for hydroxylation is 2. The second-order valence-electron chi connectivity index (χ2n) is 6.87. The molecule has 1 fully saturated rings. The molecule has 0 spiro atoms. The summed E-state index contributed by atoms with van der Waals surface area (Å²) in [4.78, 5) is 28.0. The van der Waals surface area contributed by atoms with E-state index in [9.17, 15) is 9.59 Å². The van der Waals surface area contributed by atoms with Crippen LogP contribution in [-0.2, 0) is 22.7 Å². The predicted octanol–water partition coefficient (Wildman–Crippen LogP) is 1.02. The van der Waals surface area contributed by atoms with E-state index in [0.717, 1.165) is 38.2 Å². The Morgan fingerprint density at radius 3 is 2.72 bits per heavy atom. The Labute approximate surface area is 150 Å². The lowest BCUT2D eigenvalue weighted by molar-refractivity contribution is -0.130. The van der Waals surface area contributed by atoms with Crippen LogP contribution in [0.15, 0.2) is 6.20 Å². The Balaban J connectivity index is 2.08. The molecule has 1 aliphatic rings. The lowest BCUT2D eigenvalue weighted by Gasteiger charge is -2.22. The highest BCUT2D eigenvalue weighted by Gasteiger charge is 2.28. The smallest absolute Gasteiger partial charge is 0.225 e. The van der Waals surface area contributed by atoms with Gasteiger partial charge in [-0.05, 0) is 13.3 Å². The summed E-state index contributed by atoms with van der Waals surface area (Å²) in [6.45, 7) is 10.1. The number of aromatic nitrogens is 2. The molecular formula is C18H31N5O2. The molecule has 0 saturated carbocycles. The van der Waals surface area contributed by atoms with Crippen LogP contribution in [0.2, 0.25) is 0 Å². The van der Waals surface area contributed by atoms with E-state index >= 15 is 0 Å². The number of hydrogen-bond donors (Lipinski definition) is 1. The molecule has 2 heterocycles. The molecule has 0 bridgehead atoms. The zero-order valence-corrected chi connectivity index (χ0v) is 15.9. The summed E-state index contributed by atoms with van der Waals surface area (Å²) in [5.74, 6) is -0.181. The maximum Gasteiger partial charge on any atom is 0.225 e. The van der Waals surface area contributed by atoms with E-state index in [1.807, 2.05) is 11.6 Å². The largest absolute Gasteiger partial charge is 0.359 e. The average Bonchev–Trinajstić information content (AvgIpc) is 2.80. The van der Waals surface area contributed by atoms with Crippen LogP contribution in [0.25, 0.3) is 0 Å². The minimum atomic E-state index is -0.202. The Morgan fingerprint density at radius 1 is 1.32 bits per heavy atom. The van der Waals surface area contributed by atoms with Crippen LogP contribution in [-0.4, -0.2) is 64.6 Å². The normalized spacial score (nSPS) is 18.9.